The normalized spacial score (nSPS) is 37.9. The van der Waals surface area contributed by atoms with Crippen LogP contribution in [0, 0.1) is 22.7 Å². The number of carbonyl (C=O) groups excluding carboxylic acids is 2. The maximum Gasteiger partial charge on any atom is 0.227 e. The third-order valence-electron chi connectivity index (χ3n) is 7.65. The Hall–Kier alpha value is -1.84. The number of carbonyl (C=O) groups is 2. The van der Waals surface area contributed by atoms with E-state index in [2.05, 4.69) is 33.8 Å². The van der Waals surface area contributed by atoms with Crippen LogP contribution < -0.4 is 0 Å². The number of allylic oxidation sites excluding steroid dienone is 4. The molecule has 0 unspecified atom stereocenters. The summed E-state index contributed by atoms with van der Waals surface area (Å²) in [4.78, 5) is 24.9. The van der Waals surface area contributed by atoms with E-state index < -0.39 is 11.5 Å². The highest BCUT2D eigenvalue weighted by molar-refractivity contribution is 6.20. The van der Waals surface area contributed by atoms with Crippen LogP contribution in [0.4, 0.5) is 0 Å². The molecule has 0 amide bonds. The molecule has 1 saturated carbocycles. The second kappa shape index (κ2) is 6.40. The molecule has 4 atom stereocenters. The summed E-state index contributed by atoms with van der Waals surface area (Å²) < 4.78 is 5.08. The van der Waals surface area contributed by atoms with Gasteiger partial charge in [0.2, 0.25) is 11.6 Å². The fraction of sp³-hybridized carbons (Fsp3) is 0.636. The van der Waals surface area contributed by atoms with Gasteiger partial charge in [-0.1, -0.05) is 32.4 Å². The van der Waals surface area contributed by atoms with Gasteiger partial charge in [0.25, 0.3) is 0 Å². The van der Waals surface area contributed by atoms with Gasteiger partial charge < -0.3 is 9.84 Å². The summed E-state index contributed by atoms with van der Waals surface area (Å²) in [6.45, 7) is 9.05. The molecule has 142 valence electrons. The summed E-state index contributed by atoms with van der Waals surface area (Å²) in [6.07, 6.45) is 8.22. The van der Waals surface area contributed by atoms with Crippen molar-refractivity contribution in [3.63, 3.8) is 0 Å². The first kappa shape index (κ1) is 18.9. The molecule has 0 spiro atoms. The van der Waals surface area contributed by atoms with Crippen molar-refractivity contribution in [2.45, 2.75) is 59.8 Å². The number of hydrogen-bond donors (Lipinski definition) is 1. The zero-order valence-corrected chi connectivity index (χ0v) is 16.5. The van der Waals surface area contributed by atoms with Gasteiger partial charge in [-0.15, -0.1) is 0 Å². The number of fused-ring (bicyclic) bond motifs is 1. The maximum atomic E-state index is 12.8. The number of Topliss-reactive ketones (excluding diaryl/α,β-unsaturated/α-hetero) is 1. The zero-order valence-electron chi connectivity index (χ0n) is 16.5. The zero-order chi connectivity index (χ0) is 19.3. The van der Waals surface area contributed by atoms with Gasteiger partial charge in [-0.25, -0.2) is 0 Å². The van der Waals surface area contributed by atoms with Crippen LogP contribution in [0.3, 0.4) is 0 Å². The number of aliphatic hydroxyl groups excluding tert-OH is 1. The molecule has 0 heterocycles. The molecule has 1 fully saturated rings. The lowest BCUT2D eigenvalue weighted by molar-refractivity contribution is -0.120. The van der Waals surface area contributed by atoms with Crippen LogP contribution >= 0.6 is 0 Å². The molecule has 1 N–H and O–H groups in total. The molecular weight excluding hydrogens is 328 g/mol. The van der Waals surface area contributed by atoms with Gasteiger partial charge in [-0.2, -0.15) is 0 Å². The van der Waals surface area contributed by atoms with E-state index in [-0.39, 0.29) is 27.9 Å². The standard InChI is InChI=1S/C22H30O4/c1-13-7-6-8-18-21(13,3)10-9-14(2)22(18,4)12-15-19(24)16(23)11-17(26-5)20(15)25/h7,11,14,18,24H,6,8-10,12H2,1-5H3/t14-,18-,21+,22+/m1/s1. The van der Waals surface area contributed by atoms with Crippen molar-refractivity contribution in [2.24, 2.45) is 22.7 Å². The fourth-order valence-corrected chi connectivity index (χ4v) is 5.56. The van der Waals surface area contributed by atoms with Gasteiger partial charge in [0, 0.05) is 11.6 Å². The summed E-state index contributed by atoms with van der Waals surface area (Å²) in [5.41, 5.74) is 1.63. The predicted molar refractivity (Wildman–Crippen MR) is 100 cm³/mol. The third-order valence-corrected chi connectivity index (χ3v) is 7.65. The van der Waals surface area contributed by atoms with E-state index >= 15 is 0 Å². The highest BCUT2D eigenvalue weighted by Gasteiger charge is 2.54. The van der Waals surface area contributed by atoms with Gasteiger partial charge in [-0.05, 0) is 61.7 Å². The molecule has 0 aliphatic heterocycles. The molecule has 0 aromatic carbocycles. The molecule has 0 aromatic rings. The molecule has 0 saturated heterocycles. The molecule has 4 nitrogen and oxygen atoms in total. The second-order valence-corrected chi connectivity index (χ2v) is 8.79. The molecule has 0 radical (unpaired) electrons. The maximum absolute atomic E-state index is 12.8. The number of ether oxygens (including phenoxy) is 1. The number of methoxy groups -OCH3 is 1. The third kappa shape index (κ3) is 2.65. The summed E-state index contributed by atoms with van der Waals surface area (Å²) in [5.74, 6) is -0.438. The Bertz CT molecular complexity index is 741. The highest BCUT2D eigenvalue weighted by atomic mass is 16.5. The van der Waals surface area contributed by atoms with Crippen LogP contribution in [0.2, 0.25) is 0 Å². The summed E-state index contributed by atoms with van der Waals surface area (Å²) in [7, 11) is 1.38. The molecule has 0 bridgehead atoms. The van der Waals surface area contributed by atoms with Gasteiger partial charge in [0.1, 0.15) is 0 Å². The van der Waals surface area contributed by atoms with Gasteiger partial charge >= 0.3 is 0 Å². The van der Waals surface area contributed by atoms with Crippen molar-refractivity contribution in [2.75, 3.05) is 7.11 Å². The molecule has 3 aliphatic rings. The minimum absolute atomic E-state index is 0.0253. The van der Waals surface area contributed by atoms with Gasteiger partial charge in [-0.3, -0.25) is 9.59 Å². The quantitative estimate of drug-likeness (QED) is 0.588. The van der Waals surface area contributed by atoms with E-state index in [1.165, 1.54) is 12.7 Å². The van der Waals surface area contributed by atoms with Crippen LogP contribution in [0.1, 0.15) is 59.8 Å². The van der Waals surface area contributed by atoms with Crippen LogP contribution in [0.5, 0.6) is 0 Å². The van der Waals surface area contributed by atoms with Crippen LogP contribution in [0.15, 0.2) is 34.8 Å². The molecule has 3 aliphatic carbocycles. The fourth-order valence-electron chi connectivity index (χ4n) is 5.56. The van der Waals surface area contributed by atoms with E-state index in [0.717, 1.165) is 31.8 Å². The van der Waals surface area contributed by atoms with Gasteiger partial charge in [0.05, 0.1) is 7.11 Å². The molecule has 4 heteroatoms. The Labute approximate surface area is 156 Å². The average Bonchev–Trinajstić information content (AvgIpc) is 2.61. The van der Waals surface area contributed by atoms with Crippen molar-refractivity contribution < 1.29 is 19.4 Å². The van der Waals surface area contributed by atoms with Crippen molar-refractivity contribution in [3.05, 3.63) is 34.8 Å². The second-order valence-electron chi connectivity index (χ2n) is 8.79. The van der Waals surface area contributed by atoms with E-state index in [0.29, 0.717) is 18.3 Å². The van der Waals surface area contributed by atoms with E-state index in [1.807, 2.05) is 0 Å². The number of hydrogen-bond acceptors (Lipinski definition) is 4. The Morgan fingerprint density at radius 3 is 2.62 bits per heavy atom. The SMILES string of the molecule is COC1=CC(=O)C(O)=C(C[C@@]2(C)[C@H](C)CC[C@@]3(C)C(C)=CCC[C@@H]23)C1=O. The number of ketones is 2. The van der Waals surface area contributed by atoms with Crippen molar-refractivity contribution in [3.8, 4) is 0 Å². The Kier molecular flexibility index (Phi) is 4.66. The number of rotatable bonds is 3. The van der Waals surface area contributed by atoms with Gasteiger partial charge in [0.15, 0.2) is 11.5 Å². The van der Waals surface area contributed by atoms with Crippen molar-refractivity contribution >= 4 is 11.6 Å². The largest absolute Gasteiger partial charge is 0.504 e. The Morgan fingerprint density at radius 2 is 1.96 bits per heavy atom. The smallest absolute Gasteiger partial charge is 0.227 e. The molecule has 3 rings (SSSR count). The van der Waals surface area contributed by atoms with E-state index in [1.54, 1.807) is 0 Å². The lowest BCUT2D eigenvalue weighted by Gasteiger charge is -2.58. The Balaban J connectivity index is 2.02. The lowest BCUT2D eigenvalue weighted by atomic mass is 9.46. The lowest BCUT2D eigenvalue weighted by Crippen LogP contribution is -2.50. The van der Waals surface area contributed by atoms with Crippen molar-refractivity contribution in [1.82, 2.24) is 0 Å². The number of aliphatic hydroxyl groups is 1. The molecular formula is C22H30O4. The summed E-state index contributed by atoms with van der Waals surface area (Å²) in [6, 6.07) is 0. The molecule has 26 heavy (non-hydrogen) atoms. The average molecular weight is 358 g/mol. The van der Waals surface area contributed by atoms with Crippen LogP contribution in [0.25, 0.3) is 0 Å². The van der Waals surface area contributed by atoms with E-state index in [4.69, 9.17) is 4.74 Å². The van der Waals surface area contributed by atoms with Crippen LogP contribution in [-0.4, -0.2) is 23.8 Å². The monoisotopic (exact) mass is 358 g/mol. The summed E-state index contributed by atoms with van der Waals surface area (Å²) >= 11 is 0. The summed E-state index contributed by atoms with van der Waals surface area (Å²) in [5, 5.41) is 10.4. The first-order valence-corrected chi connectivity index (χ1v) is 9.59. The predicted octanol–water partition coefficient (Wildman–Crippen LogP) is 4.67. The van der Waals surface area contributed by atoms with Crippen LogP contribution in [-0.2, 0) is 14.3 Å². The minimum Gasteiger partial charge on any atom is -0.504 e. The topological polar surface area (TPSA) is 63.6 Å². The highest BCUT2D eigenvalue weighted by Crippen LogP contribution is 2.62. The Morgan fingerprint density at radius 1 is 1.27 bits per heavy atom. The van der Waals surface area contributed by atoms with E-state index in [9.17, 15) is 14.7 Å². The first-order chi connectivity index (χ1) is 12.1. The molecule has 0 aromatic heterocycles. The van der Waals surface area contributed by atoms with Crippen molar-refractivity contribution in [1.29, 1.82) is 0 Å². The first-order valence-electron chi connectivity index (χ1n) is 9.59. The minimum atomic E-state index is -0.536.